The van der Waals surface area contributed by atoms with Crippen molar-refractivity contribution in [2.45, 2.75) is 25.1 Å². The Kier molecular flexibility index (Phi) is 3.05. The van der Waals surface area contributed by atoms with Gasteiger partial charge in [-0.2, -0.15) is 13.2 Å². The molecule has 0 fully saturated rings. The van der Waals surface area contributed by atoms with E-state index in [0.717, 1.165) is 29.7 Å². The van der Waals surface area contributed by atoms with Crippen LogP contribution in [0.2, 0.25) is 0 Å². The number of rotatable bonds is 0. The van der Waals surface area contributed by atoms with Gasteiger partial charge in [-0.25, -0.2) is 0 Å². The number of hydrogen-bond donors (Lipinski definition) is 1. The zero-order valence-electron chi connectivity index (χ0n) is 10.6. The number of halogens is 3. The molecule has 0 saturated carbocycles. The maximum Gasteiger partial charge on any atom is 0.416 e. The highest BCUT2D eigenvalue weighted by Crippen LogP contribution is 2.36. The molecule has 2 aromatic carbocycles. The van der Waals surface area contributed by atoms with Gasteiger partial charge < -0.3 is 5.11 Å². The van der Waals surface area contributed by atoms with Gasteiger partial charge in [0.25, 0.3) is 0 Å². The van der Waals surface area contributed by atoms with Crippen molar-refractivity contribution < 1.29 is 18.3 Å². The van der Waals surface area contributed by atoms with Crippen molar-refractivity contribution in [1.82, 2.24) is 0 Å². The minimum atomic E-state index is -4.39. The summed E-state index contributed by atoms with van der Waals surface area (Å²) in [6, 6.07) is 11.0. The first kappa shape index (κ1) is 13.2. The largest absolute Gasteiger partial charge is 0.416 e. The van der Waals surface area contributed by atoms with E-state index in [9.17, 15) is 18.3 Å². The van der Waals surface area contributed by atoms with Gasteiger partial charge in [0, 0.05) is 0 Å². The molecular weight excluding hydrogens is 265 g/mol. The molecular formula is C16H13F3O. The molecule has 0 heterocycles. The second-order valence-electron chi connectivity index (χ2n) is 5.01. The Hall–Kier alpha value is -1.81. The number of alkyl halides is 3. The number of benzene rings is 2. The number of aliphatic hydroxyl groups excluding tert-OH is 1. The highest BCUT2D eigenvalue weighted by atomic mass is 19.4. The lowest BCUT2D eigenvalue weighted by molar-refractivity contribution is -0.137. The van der Waals surface area contributed by atoms with E-state index in [1.165, 1.54) is 6.07 Å². The average molecular weight is 278 g/mol. The van der Waals surface area contributed by atoms with Crippen LogP contribution in [0.4, 0.5) is 13.2 Å². The van der Waals surface area contributed by atoms with E-state index in [1.807, 2.05) is 12.1 Å². The second kappa shape index (κ2) is 4.63. The molecule has 3 rings (SSSR count). The molecule has 104 valence electrons. The lowest BCUT2D eigenvalue weighted by atomic mass is 9.95. The van der Waals surface area contributed by atoms with Crippen LogP contribution in [-0.4, -0.2) is 5.11 Å². The number of aliphatic hydroxyl groups is 1. The minimum Gasteiger partial charge on any atom is -0.384 e. The van der Waals surface area contributed by atoms with Crippen LogP contribution in [0.1, 0.15) is 33.9 Å². The molecule has 20 heavy (non-hydrogen) atoms. The second-order valence-corrected chi connectivity index (χ2v) is 5.01. The molecule has 0 radical (unpaired) electrons. The van der Waals surface area contributed by atoms with Crippen LogP contribution in [0.25, 0.3) is 0 Å². The van der Waals surface area contributed by atoms with E-state index in [2.05, 4.69) is 0 Å². The molecule has 0 aromatic heterocycles. The van der Waals surface area contributed by atoms with Gasteiger partial charge in [-0.1, -0.05) is 30.3 Å². The fourth-order valence-electron chi connectivity index (χ4n) is 2.72. The highest BCUT2D eigenvalue weighted by molar-refractivity contribution is 5.45. The minimum absolute atomic E-state index is 0.366. The van der Waals surface area contributed by atoms with Crippen molar-refractivity contribution in [2.24, 2.45) is 0 Å². The molecule has 1 atom stereocenters. The van der Waals surface area contributed by atoms with Gasteiger partial charge in [0.2, 0.25) is 0 Å². The Bertz CT molecular complexity index is 646. The normalized spacial score (nSPS) is 18.1. The van der Waals surface area contributed by atoms with Gasteiger partial charge in [-0.3, -0.25) is 0 Å². The zero-order chi connectivity index (χ0) is 14.3. The van der Waals surface area contributed by atoms with Crippen molar-refractivity contribution in [3.63, 3.8) is 0 Å². The van der Waals surface area contributed by atoms with Gasteiger partial charge in [-0.05, 0) is 47.2 Å². The van der Waals surface area contributed by atoms with Crippen LogP contribution in [-0.2, 0) is 19.0 Å². The Morgan fingerprint density at radius 3 is 2.25 bits per heavy atom. The van der Waals surface area contributed by atoms with Crippen LogP contribution in [0.15, 0.2) is 42.5 Å². The fourth-order valence-corrected chi connectivity index (χ4v) is 2.72. The van der Waals surface area contributed by atoms with Crippen LogP contribution in [0, 0.1) is 0 Å². The number of hydrogen-bond acceptors (Lipinski definition) is 1. The third-order valence-electron chi connectivity index (χ3n) is 3.78. The van der Waals surface area contributed by atoms with Crippen molar-refractivity contribution in [3.8, 4) is 0 Å². The lowest BCUT2D eigenvalue weighted by Gasteiger charge is -2.16. The molecule has 1 N–H and O–H groups in total. The summed E-state index contributed by atoms with van der Waals surface area (Å²) in [5.74, 6) is 0. The summed E-state index contributed by atoms with van der Waals surface area (Å²) in [6.45, 7) is 0. The quantitative estimate of drug-likeness (QED) is 0.775. The molecule has 0 saturated heterocycles. The summed E-state index contributed by atoms with van der Waals surface area (Å²) in [5.41, 5.74) is 2.12. The Labute approximate surface area is 114 Å². The average Bonchev–Trinajstić information content (AvgIpc) is 2.56. The Morgan fingerprint density at radius 2 is 1.55 bits per heavy atom. The smallest absolute Gasteiger partial charge is 0.384 e. The SMILES string of the molecule is OC1c2ccccc2CCc2ccc(C(F)(F)F)cc21. The van der Waals surface area contributed by atoms with Gasteiger partial charge in [0.05, 0.1) is 5.56 Å². The van der Waals surface area contributed by atoms with E-state index in [1.54, 1.807) is 12.1 Å². The first-order chi connectivity index (χ1) is 9.47. The molecule has 0 spiro atoms. The van der Waals surface area contributed by atoms with Crippen LogP contribution in [0.5, 0.6) is 0 Å². The third kappa shape index (κ3) is 2.20. The van der Waals surface area contributed by atoms with Gasteiger partial charge in [-0.15, -0.1) is 0 Å². The molecule has 4 heteroatoms. The van der Waals surface area contributed by atoms with E-state index < -0.39 is 17.8 Å². The maximum atomic E-state index is 12.8. The number of aryl methyl sites for hydroxylation is 2. The van der Waals surface area contributed by atoms with Crippen molar-refractivity contribution >= 4 is 0 Å². The summed E-state index contributed by atoms with van der Waals surface area (Å²) in [4.78, 5) is 0. The third-order valence-corrected chi connectivity index (χ3v) is 3.78. The predicted octanol–water partition coefficient (Wildman–Crippen LogP) is 3.89. The summed E-state index contributed by atoms with van der Waals surface area (Å²) >= 11 is 0. The summed E-state index contributed by atoms with van der Waals surface area (Å²) in [6.07, 6.45) is -4.01. The van der Waals surface area contributed by atoms with E-state index in [-0.39, 0.29) is 0 Å². The molecule has 1 aliphatic rings. The summed E-state index contributed by atoms with van der Waals surface area (Å²) < 4.78 is 38.4. The fraction of sp³-hybridized carbons (Fsp3) is 0.250. The molecule has 0 aliphatic heterocycles. The molecule has 1 aliphatic carbocycles. The van der Waals surface area contributed by atoms with Crippen LogP contribution >= 0.6 is 0 Å². The van der Waals surface area contributed by atoms with Gasteiger partial charge in [0.15, 0.2) is 0 Å². The first-order valence-corrected chi connectivity index (χ1v) is 6.42. The molecule has 0 amide bonds. The lowest BCUT2D eigenvalue weighted by Crippen LogP contribution is -2.09. The van der Waals surface area contributed by atoms with Crippen molar-refractivity contribution in [2.75, 3.05) is 0 Å². The van der Waals surface area contributed by atoms with Crippen molar-refractivity contribution in [1.29, 1.82) is 0 Å². The highest BCUT2D eigenvalue weighted by Gasteiger charge is 2.32. The summed E-state index contributed by atoms with van der Waals surface area (Å²) in [5, 5.41) is 10.4. The molecule has 1 unspecified atom stereocenters. The van der Waals surface area contributed by atoms with Gasteiger partial charge >= 0.3 is 6.18 Å². The van der Waals surface area contributed by atoms with E-state index in [0.29, 0.717) is 17.5 Å². The van der Waals surface area contributed by atoms with E-state index in [4.69, 9.17) is 0 Å². The summed E-state index contributed by atoms with van der Waals surface area (Å²) in [7, 11) is 0. The zero-order valence-corrected chi connectivity index (χ0v) is 10.6. The monoisotopic (exact) mass is 278 g/mol. The van der Waals surface area contributed by atoms with Crippen molar-refractivity contribution in [3.05, 3.63) is 70.3 Å². The first-order valence-electron chi connectivity index (χ1n) is 6.42. The Balaban J connectivity index is 2.13. The molecule has 1 nitrogen and oxygen atoms in total. The van der Waals surface area contributed by atoms with Crippen LogP contribution < -0.4 is 0 Å². The van der Waals surface area contributed by atoms with Crippen LogP contribution in [0.3, 0.4) is 0 Å². The Morgan fingerprint density at radius 1 is 0.900 bits per heavy atom. The molecule has 0 bridgehead atoms. The maximum absolute atomic E-state index is 12.8. The predicted molar refractivity (Wildman–Crippen MR) is 69.4 cm³/mol. The van der Waals surface area contributed by atoms with Gasteiger partial charge in [0.1, 0.15) is 6.10 Å². The number of fused-ring (bicyclic) bond motifs is 2. The molecule has 2 aromatic rings. The topological polar surface area (TPSA) is 20.2 Å². The standard InChI is InChI=1S/C16H13F3O/c17-16(18,19)12-8-7-11-6-5-10-3-1-2-4-13(10)15(20)14(11)9-12/h1-4,7-9,15,20H,5-6H2. The van der Waals surface area contributed by atoms with E-state index >= 15 is 0 Å².